The molecule has 10 heteroatoms. The second-order valence-electron chi connectivity index (χ2n) is 4.02. The molecule has 0 aliphatic carbocycles. The van der Waals surface area contributed by atoms with E-state index in [1.165, 1.54) is 6.20 Å². The summed E-state index contributed by atoms with van der Waals surface area (Å²) in [5.74, 6) is -1.20. The van der Waals surface area contributed by atoms with Crippen LogP contribution in [0.4, 0.5) is 13.2 Å². The van der Waals surface area contributed by atoms with Gasteiger partial charge in [0.1, 0.15) is 5.82 Å². The van der Waals surface area contributed by atoms with Crippen molar-refractivity contribution in [3.05, 3.63) is 29.6 Å². The van der Waals surface area contributed by atoms with Gasteiger partial charge in [-0.1, -0.05) is 5.21 Å². The third kappa shape index (κ3) is 2.63. The summed E-state index contributed by atoms with van der Waals surface area (Å²) in [6.07, 6.45) is -1.48. The summed E-state index contributed by atoms with van der Waals surface area (Å²) in [6.45, 7) is -0.167. The lowest BCUT2D eigenvalue weighted by molar-refractivity contribution is -0.144. The summed E-state index contributed by atoms with van der Waals surface area (Å²) in [5.41, 5.74) is -2.46. The summed E-state index contributed by atoms with van der Waals surface area (Å²) in [4.78, 5) is 14.7. The monoisotopic (exact) mass is 289 g/mol. The van der Waals surface area contributed by atoms with Gasteiger partial charge in [0.05, 0.1) is 6.54 Å². The quantitative estimate of drug-likeness (QED) is 0.906. The smallest absolute Gasteiger partial charge is 0.435 e. The van der Waals surface area contributed by atoms with Crippen LogP contribution in [0.25, 0.3) is 0 Å². The first kappa shape index (κ1) is 14.0. The first-order chi connectivity index (χ1) is 9.30. The van der Waals surface area contributed by atoms with Crippen molar-refractivity contribution in [3.63, 3.8) is 0 Å². The lowest BCUT2D eigenvalue weighted by atomic mass is 10.3. The molecule has 0 bridgehead atoms. The van der Waals surface area contributed by atoms with Gasteiger partial charge < -0.3 is 9.67 Å². The third-order valence-electron chi connectivity index (χ3n) is 2.67. The van der Waals surface area contributed by atoms with Crippen LogP contribution in [0.2, 0.25) is 0 Å². The molecule has 0 amide bonds. The molecule has 0 atom stereocenters. The minimum absolute atomic E-state index is 0.167. The molecule has 0 radical (unpaired) electrons. The second-order valence-corrected chi connectivity index (χ2v) is 4.02. The molecule has 20 heavy (non-hydrogen) atoms. The average molecular weight is 289 g/mol. The molecule has 2 aromatic rings. The van der Waals surface area contributed by atoms with Gasteiger partial charge in [0.2, 0.25) is 5.69 Å². The molecule has 2 heterocycles. The molecule has 0 fully saturated rings. The number of imidazole rings is 1. The Labute approximate surface area is 110 Å². The van der Waals surface area contributed by atoms with Gasteiger partial charge in [0.25, 0.3) is 0 Å². The highest BCUT2D eigenvalue weighted by atomic mass is 19.4. The summed E-state index contributed by atoms with van der Waals surface area (Å²) in [5, 5.41) is 15.0. The number of hydrogen-bond donors (Lipinski definition) is 1. The van der Waals surface area contributed by atoms with E-state index < -0.39 is 23.5 Å². The van der Waals surface area contributed by atoms with Crippen molar-refractivity contribution in [1.82, 2.24) is 24.5 Å². The fraction of sp³-hybridized carbons (Fsp3) is 0.400. The zero-order chi connectivity index (χ0) is 14.9. The molecule has 0 saturated heterocycles. The van der Waals surface area contributed by atoms with Crippen LogP contribution in [0, 0.1) is 0 Å². The van der Waals surface area contributed by atoms with Crippen LogP contribution in [-0.2, 0) is 26.2 Å². The molecule has 0 unspecified atom stereocenters. The van der Waals surface area contributed by atoms with Crippen LogP contribution in [-0.4, -0.2) is 35.6 Å². The van der Waals surface area contributed by atoms with E-state index in [9.17, 15) is 18.0 Å². The second kappa shape index (κ2) is 4.94. The van der Waals surface area contributed by atoms with Gasteiger partial charge in [-0.2, -0.15) is 13.2 Å². The van der Waals surface area contributed by atoms with E-state index in [2.05, 4.69) is 15.3 Å². The predicted molar refractivity (Wildman–Crippen MR) is 58.9 cm³/mol. The summed E-state index contributed by atoms with van der Waals surface area (Å²) >= 11 is 0. The van der Waals surface area contributed by atoms with Crippen molar-refractivity contribution in [2.24, 2.45) is 7.05 Å². The molecule has 0 aromatic carbocycles. The number of carbonyl (C=O) groups is 1. The number of aryl methyl sites for hydroxylation is 3. The normalized spacial score (nSPS) is 11.8. The molecule has 0 saturated carbocycles. The summed E-state index contributed by atoms with van der Waals surface area (Å²) in [6, 6.07) is 0. The Morgan fingerprint density at radius 3 is 2.65 bits per heavy atom. The molecule has 0 spiro atoms. The maximum absolute atomic E-state index is 12.9. The van der Waals surface area contributed by atoms with Crippen LogP contribution >= 0.6 is 0 Å². The first-order valence-electron chi connectivity index (χ1n) is 5.51. The number of rotatable bonds is 4. The minimum Gasteiger partial charge on any atom is -0.476 e. The van der Waals surface area contributed by atoms with Crippen molar-refractivity contribution in [3.8, 4) is 0 Å². The Kier molecular flexibility index (Phi) is 3.47. The highest BCUT2D eigenvalue weighted by Gasteiger charge is 2.41. The molecule has 0 aliphatic heterocycles. The van der Waals surface area contributed by atoms with Crippen LogP contribution in [0.15, 0.2) is 12.4 Å². The van der Waals surface area contributed by atoms with Crippen LogP contribution in [0.5, 0.6) is 0 Å². The topological polar surface area (TPSA) is 85.8 Å². The lowest BCUT2D eigenvalue weighted by Crippen LogP contribution is -2.19. The number of aromatic carboxylic acids is 1. The van der Waals surface area contributed by atoms with Gasteiger partial charge >= 0.3 is 12.1 Å². The van der Waals surface area contributed by atoms with Gasteiger partial charge in [0.15, 0.2) is 5.69 Å². The standard InChI is InChI=1S/C10H10F3N5O2/c1-17-5-3-14-6(17)2-4-18-8(10(11,12)13)7(9(19)20)15-16-18/h3,5H,2,4H2,1H3,(H,19,20). The van der Waals surface area contributed by atoms with E-state index in [1.807, 2.05) is 0 Å². The molecule has 108 valence electrons. The number of carboxylic acids is 1. The van der Waals surface area contributed by atoms with Crippen molar-refractivity contribution >= 4 is 5.97 Å². The maximum atomic E-state index is 12.9. The molecule has 7 nitrogen and oxygen atoms in total. The van der Waals surface area contributed by atoms with Crippen LogP contribution in [0.3, 0.4) is 0 Å². The Bertz CT molecular complexity index is 631. The van der Waals surface area contributed by atoms with Gasteiger partial charge in [-0.15, -0.1) is 5.10 Å². The molecule has 2 aromatic heterocycles. The molecular weight excluding hydrogens is 279 g/mol. The van der Waals surface area contributed by atoms with E-state index >= 15 is 0 Å². The van der Waals surface area contributed by atoms with E-state index in [-0.39, 0.29) is 13.0 Å². The van der Waals surface area contributed by atoms with E-state index in [4.69, 9.17) is 5.11 Å². The number of nitrogens with zero attached hydrogens (tertiary/aromatic N) is 5. The van der Waals surface area contributed by atoms with E-state index in [0.29, 0.717) is 10.5 Å². The Balaban J connectivity index is 2.28. The fourth-order valence-electron chi connectivity index (χ4n) is 1.74. The Morgan fingerprint density at radius 1 is 1.45 bits per heavy atom. The van der Waals surface area contributed by atoms with Crippen LogP contribution in [0.1, 0.15) is 22.0 Å². The first-order valence-corrected chi connectivity index (χ1v) is 5.51. The maximum Gasteiger partial charge on any atom is 0.435 e. The molecule has 0 aliphatic rings. The van der Waals surface area contributed by atoms with Crippen molar-refractivity contribution in [2.75, 3.05) is 0 Å². The molecule has 1 N–H and O–H groups in total. The van der Waals surface area contributed by atoms with Gasteiger partial charge in [-0.25, -0.2) is 14.5 Å². The molecular formula is C10H10F3N5O2. The number of aromatic nitrogens is 5. The summed E-state index contributed by atoms with van der Waals surface area (Å²) in [7, 11) is 1.71. The lowest BCUT2D eigenvalue weighted by Gasteiger charge is -2.09. The number of hydrogen-bond acceptors (Lipinski definition) is 4. The van der Waals surface area contributed by atoms with Crippen molar-refractivity contribution in [2.45, 2.75) is 19.1 Å². The highest BCUT2D eigenvalue weighted by molar-refractivity contribution is 5.86. The number of carboxylic acid groups (broad SMARTS) is 1. The summed E-state index contributed by atoms with van der Waals surface area (Å²) < 4.78 is 40.8. The molecule has 2 rings (SSSR count). The number of halogens is 3. The van der Waals surface area contributed by atoms with E-state index in [0.717, 1.165) is 0 Å². The minimum atomic E-state index is -4.83. The van der Waals surface area contributed by atoms with Crippen LogP contribution < -0.4 is 0 Å². The van der Waals surface area contributed by atoms with Gasteiger partial charge in [-0.05, 0) is 0 Å². The third-order valence-corrected chi connectivity index (χ3v) is 2.67. The van der Waals surface area contributed by atoms with Crippen molar-refractivity contribution < 1.29 is 23.1 Å². The number of alkyl halides is 3. The van der Waals surface area contributed by atoms with E-state index in [1.54, 1.807) is 17.8 Å². The Hall–Kier alpha value is -2.39. The Morgan fingerprint density at radius 2 is 2.15 bits per heavy atom. The zero-order valence-electron chi connectivity index (χ0n) is 10.3. The van der Waals surface area contributed by atoms with Gasteiger partial charge in [0, 0.05) is 25.9 Å². The van der Waals surface area contributed by atoms with Crippen molar-refractivity contribution in [1.29, 1.82) is 0 Å². The predicted octanol–water partition coefficient (Wildman–Crippen LogP) is 0.971. The average Bonchev–Trinajstić information content (AvgIpc) is 2.91. The van der Waals surface area contributed by atoms with Gasteiger partial charge in [-0.3, -0.25) is 0 Å². The fourth-order valence-corrected chi connectivity index (χ4v) is 1.74. The largest absolute Gasteiger partial charge is 0.476 e. The zero-order valence-corrected chi connectivity index (χ0v) is 10.3. The SMILES string of the molecule is Cn1ccnc1CCn1nnc(C(=O)O)c1C(F)(F)F. The highest BCUT2D eigenvalue weighted by Crippen LogP contribution is 2.31.